The van der Waals surface area contributed by atoms with Gasteiger partial charge in [-0.15, -0.1) is 0 Å². The quantitative estimate of drug-likeness (QED) is 0.718. The first-order chi connectivity index (χ1) is 7.78. The Labute approximate surface area is 106 Å². The van der Waals surface area contributed by atoms with Gasteiger partial charge in [-0.3, -0.25) is 4.79 Å². The lowest BCUT2D eigenvalue weighted by Gasteiger charge is -2.31. The summed E-state index contributed by atoms with van der Waals surface area (Å²) in [6.45, 7) is 11.0. The van der Waals surface area contributed by atoms with Crippen LogP contribution in [0.2, 0.25) is 19.6 Å². The van der Waals surface area contributed by atoms with Gasteiger partial charge >= 0.3 is 0 Å². The lowest BCUT2D eigenvalue weighted by Crippen LogP contribution is -2.32. The Kier molecular flexibility index (Phi) is 3.41. The van der Waals surface area contributed by atoms with Crippen molar-refractivity contribution in [1.82, 2.24) is 0 Å². The molecule has 0 aromatic rings. The second-order valence-electron chi connectivity index (χ2n) is 7.16. The highest BCUT2D eigenvalue weighted by Gasteiger charge is 2.49. The average molecular weight is 254 g/mol. The molecule has 3 heteroatoms. The van der Waals surface area contributed by atoms with Gasteiger partial charge in [0, 0.05) is 6.42 Å². The highest BCUT2D eigenvalue weighted by atomic mass is 28.4. The third-order valence-electron chi connectivity index (χ3n) is 4.88. The third-order valence-corrected chi connectivity index (χ3v) is 5.72. The molecular formula is C14H26O2Si. The summed E-state index contributed by atoms with van der Waals surface area (Å²) in [5.41, 5.74) is 0. The molecule has 0 spiro atoms. The Morgan fingerprint density at radius 3 is 2.29 bits per heavy atom. The molecule has 17 heavy (non-hydrogen) atoms. The summed E-state index contributed by atoms with van der Waals surface area (Å²) in [7, 11) is -1.69. The van der Waals surface area contributed by atoms with Gasteiger partial charge in [-0.25, -0.2) is 0 Å². The SMILES string of the molecule is CC1C2CC(CC(=O)O[Si](C)(C)C)C(C2)C1C. The van der Waals surface area contributed by atoms with Crippen LogP contribution in [0, 0.1) is 29.6 Å². The fourth-order valence-corrected chi connectivity index (χ4v) is 4.69. The van der Waals surface area contributed by atoms with E-state index < -0.39 is 8.32 Å². The minimum absolute atomic E-state index is 0.0570. The molecule has 2 fully saturated rings. The van der Waals surface area contributed by atoms with E-state index in [0.29, 0.717) is 12.3 Å². The van der Waals surface area contributed by atoms with Crippen molar-refractivity contribution in [3.8, 4) is 0 Å². The van der Waals surface area contributed by atoms with Gasteiger partial charge in [-0.05, 0) is 62.1 Å². The molecule has 0 aromatic heterocycles. The average Bonchev–Trinajstić information content (AvgIpc) is 2.65. The zero-order chi connectivity index (χ0) is 12.8. The Morgan fingerprint density at radius 1 is 1.18 bits per heavy atom. The second kappa shape index (κ2) is 4.41. The Morgan fingerprint density at radius 2 is 1.82 bits per heavy atom. The molecule has 5 atom stereocenters. The second-order valence-corrected chi connectivity index (χ2v) is 11.6. The predicted octanol–water partition coefficient (Wildman–Crippen LogP) is 3.68. The Balaban J connectivity index is 1.88. The topological polar surface area (TPSA) is 26.3 Å². The highest BCUT2D eigenvalue weighted by Crippen LogP contribution is 2.55. The summed E-state index contributed by atoms with van der Waals surface area (Å²) in [4.78, 5) is 11.9. The zero-order valence-corrected chi connectivity index (χ0v) is 12.8. The highest BCUT2D eigenvalue weighted by molar-refractivity contribution is 6.71. The van der Waals surface area contributed by atoms with Crippen LogP contribution in [0.3, 0.4) is 0 Å². The summed E-state index contributed by atoms with van der Waals surface area (Å²) in [5, 5.41) is 0. The lowest BCUT2D eigenvalue weighted by molar-refractivity contribution is -0.136. The van der Waals surface area contributed by atoms with E-state index in [1.54, 1.807) is 0 Å². The van der Waals surface area contributed by atoms with Gasteiger partial charge < -0.3 is 4.43 Å². The Bertz CT molecular complexity index is 306. The molecular weight excluding hydrogens is 228 g/mol. The molecule has 2 bridgehead atoms. The van der Waals surface area contributed by atoms with E-state index in [4.69, 9.17) is 4.43 Å². The van der Waals surface area contributed by atoms with Gasteiger partial charge in [0.2, 0.25) is 8.32 Å². The summed E-state index contributed by atoms with van der Waals surface area (Å²) in [6, 6.07) is 0. The normalized spacial score (nSPS) is 40.6. The number of carbonyl (C=O) groups is 1. The Hall–Kier alpha value is -0.313. The van der Waals surface area contributed by atoms with Crippen LogP contribution in [0.15, 0.2) is 0 Å². The van der Waals surface area contributed by atoms with Crippen LogP contribution in [0.5, 0.6) is 0 Å². The molecule has 0 aliphatic heterocycles. The molecule has 2 rings (SSSR count). The summed E-state index contributed by atoms with van der Waals surface area (Å²) < 4.78 is 5.57. The minimum Gasteiger partial charge on any atom is -0.520 e. The van der Waals surface area contributed by atoms with Crippen molar-refractivity contribution in [1.29, 1.82) is 0 Å². The summed E-state index contributed by atoms with van der Waals surface area (Å²) in [5.74, 6) is 3.99. The molecule has 98 valence electrons. The summed E-state index contributed by atoms with van der Waals surface area (Å²) in [6.07, 6.45) is 3.28. The van der Waals surface area contributed by atoms with E-state index in [0.717, 1.165) is 23.7 Å². The molecule has 2 saturated carbocycles. The summed E-state index contributed by atoms with van der Waals surface area (Å²) >= 11 is 0. The lowest BCUT2D eigenvalue weighted by atomic mass is 9.74. The van der Waals surface area contributed by atoms with E-state index in [1.807, 2.05) is 0 Å². The van der Waals surface area contributed by atoms with Crippen LogP contribution in [-0.4, -0.2) is 14.3 Å². The van der Waals surface area contributed by atoms with Crippen LogP contribution < -0.4 is 0 Å². The molecule has 2 nitrogen and oxygen atoms in total. The first kappa shape index (κ1) is 13.1. The van der Waals surface area contributed by atoms with Crippen molar-refractivity contribution >= 4 is 14.3 Å². The van der Waals surface area contributed by atoms with Gasteiger partial charge in [0.05, 0.1) is 0 Å². The van der Waals surface area contributed by atoms with E-state index in [2.05, 4.69) is 33.5 Å². The van der Waals surface area contributed by atoms with Crippen LogP contribution in [-0.2, 0) is 9.22 Å². The smallest absolute Gasteiger partial charge is 0.292 e. The van der Waals surface area contributed by atoms with Gasteiger partial charge in [0.15, 0.2) is 0 Å². The first-order valence-corrected chi connectivity index (χ1v) is 10.4. The zero-order valence-electron chi connectivity index (χ0n) is 11.8. The molecule has 2 aliphatic rings. The predicted molar refractivity (Wildman–Crippen MR) is 72.1 cm³/mol. The van der Waals surface area contributed by atoms with Crippen molar-refractivity contribution in [2.75, 3.05) is 0 Å². The van der Waals surface area contributed by atoms with Crippen molar-refractivity contribution in [3.63, 3.8) is 0 Å². The maximum Gasteiger partial charge on any atom is 0.292 e. The number of carbonyl (C=O) groups excluding carboxylic acids is 1. The van der Waals surface area contributed by atoms with Crippen LogP contribution in [0.1, 0.15) is 33.1 Å². The van der Waals surface area contributed by atoms with E-state index in [-0.39, 0.29) is 5.97 Å². The molecule has 0 aromatic carbocycles. The molecule has 0 heterocycles. The number of fused-ring (bicyclic) bond motifs is 2. The van der Waals surface area contributed by atoms with Crippen LogP contribution in [0.25, 0.3) is 0 Å². The maximum absolute atomic E-state index is 11.9. The standard InChI is InChI=1S/C14H26O2Si/c1-9-10(2)13-7-11(9)6-12(13)8-14(15)16-17(3,4)5/h9-13H,6-8H2,1-5H3. The number of hydrogen-bond acceptors (Lipinski definition) is 2. The van der Waals surface area contributed by atoms with E-state index in [1.165, 1.54) is 12.8 Å². The van der Waals surface area contributed by atoms with Crippen molar-refractivity contribution in [3.05, 3.63) is 0 Å². The monoisotopic (exact) mass is 254 g/mol. The molecule has 0 saturated heterocycles. The van der Waals surface area contributed by atoms with E-state index in [9.17, 15) is 4.79 Å². The number of rotatable bonds is 3. The van der Waals surface area contributed by atoms with Gasteiger partial charge in [-0.1, -0.05) is 13.8 Å². The fourth-order valence-electron chi connectivity index (χ4n) is 3.93. The van der Waals surface area contributed by atoms with Gasteiger partial charge in [-0.2, -0.15) is 0 Å². The molecule has 2 aliphatic carbocycles. The minimum atomic E-state index is -1.69. The van der Waals surface area contributed by atoms with Crippen LogP contribution in [0.4, 0.5) is 0 Å². The first-order valence-electron chi connectivity index (χ1n) is 7.00. The third kappa shape index (κ3) is 2.75. The van der Waals surface area contributed by atoms with Gasteiger partial charge in [0.25, 0.3) is 5.97 Å². The molecule has 5 unspecified atom stereocenters. The van der Waals surface area contributed by atoms with Crippen molar-refractivity contribution < 1.29 is 9.22 Å². The largest absolute Gasteiger partial charge is 0.520 e. The maximum atomic E-state index is 11.9. The molecule has 0 N–H and O–H groups in total. The van der Waals surface area contributed by atoms with Crippen LogP contribution >= 0.6 is 0 Å². The fraction of sp³-hybridized carbons (Fsp3) is 0.929. The molecule has 0 radical (unpaired) electrons. The van der Waals surface area contributed by atoms with Gasteiger partial charge in [0.1, 0.15) is 0 Å². The van der Waals surface area contributed by atoms with Crippen molar-refractivity contribution in [2.45, 2.75) is 52.8 Å². The number of hydrogen-bond donors (Lipinski definition) is 0. The van der Waals surface area contributed by atoms with E-state index >= 15 is 0 Å². The molecule has 0 amide bonds. The van der Waals surface area contributed by atoms with Crippen molar-refractivity contribution in [2.24, 2.45) is 29.6 Å².